The molecule has 0 heterocycles. The fourth-order valence-corrected chi connectivity index (χ4v) is 4.02. The van der Waals surface area contributed by atoms with Crippen LogP contribution >= 0.6 is 11.6 Å². The molecule has 0 saturated heterocycles. The van der Waals surface area contributed by atoms with Gasteiger partial charge in [-0.15, -0.1) is 0 Å². The van der Waals surface area contributed by atoms with Crippen LogP contribution in [0.3, 0.4) is 0 Å². The number of para-hydroxylation sites is 1. The second-order valence-electron chi connectivity index (χ2n) is 7.75. The summed E-state index contributed by atoms with van der Waals surface area (Å²) in [5.41, 5.74) is 1.16. The zero-order valence-corrected chi connectivity index (χ0v) is 20.4. The summed E-state index contributed by atoms with van der Waals surface area (Å²) in [6.45, 7) is 5.20. The zero-order chi connectivity index (χ0) is 23.9. The van der Waals surface area contributed by atoms with Crippen molar-refractivity contribution in [3.63, 3.8) is 0 Å². The number of sulfonamides is 1. The minimum atomic E-state index is -3.73. The number of hydrogen-bond donors (Lipinski definition) is 1. The highest BCUT2D eigenvalue weighted by molar-refractivity contribution is 7.92. The molecule has 0 saturated carbocycles. The first-order chi connectivity index (χ1) is 15.0. The maximum Gasteiger partial charge on any atom is 0.244 e. The summed E-state index contributed by atoms with van der Waals surface area (Å²) in [6, 6.07) is 14.5. The molecule has 7 nitrogen and oxygen atoms in total. The van der Waals surface area contributed by atoms with E-state index in [1.54, 1.807) is 61.5 Å². The molecule has 2 aromatic carbocycles. The summed E-state index contributed by atoms with van der Waals surface area (Å²) >= 11 is 5.97. The van der Waals surface area contributed by atoms with E-state index in [2.05, 4.69) is 5.32 Å². The first-order valence-electron chi connectivity index (χ1n) is 10.4. The van der Waals surface area contributed by atoms with Crippen molar-refractivity contribution in [2.45, 2.75) is 45.8 Å². The van der Waals surface area contributed by atoms with Gasteiger partial charge in [0.2, 0.25) is 21.8 Å². The maximum absolute atomic E-state index is 13.4. The summed E-state index contributed by atoms with van der Waals surface area (Å²) in [6.07, 6.45) is 1.80. The highest BCUT2D eigenvalue weighted by Gasteiger charge is 2.30. The van der Waals surface area contributed by atoms with Crippen molar-refractivity contribution in [1.82, 2.24) is 10.2 Å². The van der Waals surface area contributed by atoms with Gasteiger partial charge >= 0.3 is 0 Å². The molecule has 0 radical (unpaired) electrons. The minimum absolute atomic E-state index is 0.0470. The molecule has 0 bridgehead atoms. The normalized spacial score (nSPS) is 13.2. The third-order valence-corrected chi connectivity index (χ3v) is 6.55. The Morgan fingerprint density at radius 1 is 1.03 bits per heavy atom. The Morgan fingerprint density at radius 3 is 2.16 bits per heavy atom. The van der Waals surface area contributed by atoms with Gasteiger partial charge in [-0.25, -0.2) is 8.42 Å². The average Bonchev–Trinajstić information content (AvgIpc) is 2.76. The Kier molecular flexibility index (Phi) is 9.09. The van der Waals surface area contributed by atoms with E-state index in [1.807, 2.05) is 13.8 Å². The van der Waals surface area contributed by atoms with Crippen LogP contribution in [0.5, 0.6) is 0 Å². The smallest absolute Gasteiger partial charge is 0.244 e. The first kappa shape index (κ1) is 25.7. The van der Waals surface area contributed by atoms with E-state index >= 15 is 0 Å². The third kappa shape index (κ3) is 7.24. The number of halogens is 1. The molecule has 0 spiro atoms. The van der Waals surface area contributed by atoms with Gasteiger partial charge in [-0.05, 0) is 50.1 Å². The topological polar surface area (TPSA) is 86.8 Å². The Morgan fingerprint density at radius 2 is 1.62 bits per heavy atom. The van der Waals surface area contributed by atoms with Crippen molar-refractivity contribution in [1.29, 1.82) is 0 Å². The molecule has 32 heavy (non-hydrogen) atoms. The monoisotopic (exact) mass is 479 g/mol. The van der Waals surface area contributed by atoms with Crippen LogP contribution in [0.2, 0.25) is 5.02 Å². The second kappa shape index (κ2) is 11.3. The Labute approximate surface area is 195 Å². The van der Waals surface area contributed by atoms with E-state index in [0.29, 0.717) is 10.7 Å². The van der Waals surface area contributed by atoms with Gasteiger partial charge in [0.05, 0.1) is 11.9 Å². The van der Waals surface area contributed by atoms with Gasteiger partial charge in [-0.1, -0.05) is 48.9 Å². The number of benzene rings is 2. The fourth-order valence-electron chi connectivity index (χ4n) is 3.04. The largest absolute Gasteiger partial charge is 0.352 e. The van der Waals surface area contributed by atoms with Gasteiger partial charge in [-0.3, -0.25) is 13.9 Å². The number of carbonyl (C=O) groups excluding carboxylic acids is 2. The second-order valence-corrected chi connectivity index (χ2v) is 10.1. The molecular weight excluding hydrogens is 450 g/mol. The van der Waals surface area contributed by atoms with Crippen molar-refractivity contribution in [2.24, 2.45) is 0 Å². The summed E-state index contributed by atoms with van der Waals surface area (Å²) in [5, 5.41) is 3.45. The van der Waals surface area contributed by atoms with Crippen LogP contribution in [0.1, 0.15) is 32.8 Å². The molecule has 0 aliphatic rings. The predicted octanol–water partition coefficient (Wildman–Crippen LogP) is 3.44. The lowest BCUT2D eigenvalue weighted by Crippen LogP contribution is -2.52. The molecule has 0 aliphatic heterocycles. The number of nitrogens with zero attached hydrogens (tertiary/aromatic N) is 2. The predicted molar refractivity (Wildman–Crippen MR) is 128 cm³/mol. The van der Waals surface area contributed by atoms with Gasteiger partial charge in [0, 0.05) is 17.6 Å². The lowest BCUT2D eigenvalue weighted by molar-refractivity contribution is -0.139. The van der Waals surface area contributed by atoms with Gasteiger partial charge in [0.25, 0.3) is 0 Å². The highest BCUT2D eigenvalue weighted by atomic mass is 35.5. The van der Waals surface area contributed by atoms with Crippen LogP contribution in [0.25, 0.3) is 0 Å². The number of rotatable bonds is 10. The van der Waals surface area contributed by atoms with Crippen LogP contribution in [0.4, 0.5) is 5.69 Å². The summed E-state index contributed by atoms with van der Waals surface area (Å²) in [4.78, 5) is 27.5. The van der Waals surface area contributed by atoms with E-state index < -0.39 is 28.5 Å². The van der Waals surface area contributed by atoms with Crippen molar-refractivity contribution < 1.29 is 18.0 Å². The van der Waals surface area contributed by atoms with Crippen molar-refractivity contribution >= 4 is 39.1 Å². The van der Waals surface area contributed by atoms with Crippen LogP contribution in [0, 0.1) is 0 Å². The molecule has 9 heteroatoms. The Bertz CT molecular complexity index is 1010. The molecule has 174 valence electrons. The van der Waals surface area contributed by atoms with E-state index in [1.165, 1.54) is 4.90 Å². The molecule has 2 atom stereocenters. The molecule has 0 aliphatic carbocycles. The number of hydrogen-bond acceptors (Lipinski definition) is 4. The van der Waals surface area contributed by atoms with E-state index in [-0.39, 0.29) is 18.5 Å². The SMILES string of the molecule is CC[C@H](C)NC(=O)[C@@H](C)N(Cc1ccc(Cl)cc1)C(=O)CN(c1ccccc1)S(C)(=O)=O. The van der Waals surface area contributed by atoms with Crippen LogP contribution in [-0.2, 0) is 26.2 Å². The number of carbonyl (C=O) groups is 2. The van der Waals surface area contributed by atoms with Crippen LogP contribution in [-0.4, -0.2) is 50.0 Å². The van der Waals surface area contributed by atoms with E-state index in [0.717, 1.165) is 22.5 Å². The molecule has 1 N–H and O–H groups in total. The lowest BCUT2D eigenvalue weighted by Gasteiger charge is -2.32. The third-order valence-electron chi connectivity index (χ3n) is 5.16. The zero-order valence-electron chi connectivity index (χ0n) is 18.8. The standard InChI is InChI=1S/C23H30ClN3O4S/c1-5-17(2)25-23(29)18(3)26(15-19-11-13-20(24)14-12-19)22(28)16-27(32(4,30)31)21-9-7-6-8-10-21/h6-14,17-18H,5,15-16H2,1-4H3,(H,25,29)/t17-,18+/m0/s1. The number of anilines is 1. The quantitative estimate of drug-likeness (QED) is 0.565. The first-order valence-corrected chi connectivity index (χ1v) is 12.6. The molecule has 2 aromatic rings. The van der Waals surface area contributed by atoms with E-state index in [4.69, 9.17) is 11.6 Å². The van der Waals surface area contributed by atoms with Gasteiger partial charge in [0.1, 0.15) is 12.6 Å². The minimum Gasteiger partial charge on any atom is -0.352 e. The molecule has 0 fully saturated rings. The van der Waals surface area contributed by atoms with Crippen molar-refractivity contribution in [2.75, 3.05) is 17.1 Å². The van der Waals surface area contributed by atoms with E-state index in [9.17, 15) is 18.0 Å². The fraction of sp³-hybridized carbons (Fsp3) is 0.391. The number of amides is 2. The summed E-state index contributed by atoms with van der Waals surface area (Å²) in [5.74, 6) is -0.784. The van der Waals surface area contributed by atoms with Gasteiger partial charge < -0.3 is 10.2 Å². The molecular formula is C23H30ClN3O4S. The Hall–Kier alpha value is -2.58. The van der Waals surface area contributed by atoms with Crippen molar-refractivity contribution in [3.05, 3.63) is 65.2 Å². The van der Waals surface area contributed by atoms with Crippen molar-refractivity contribution in [3.8, 4) is 0 Å². The highest BCUT2D eigenvalue weighted by Crippen LogP contribution is 2.19. The van der Waals surface area contributed by atoms with Gasteiger partial charge in [-0.2, -0.15) is 0 Å². The maximum atomic E-state index is 13.4. The van der Waals surface area contributed by atoms with Gasteiger partial charge in [0.15, 0.2) is 0 Å². The molecule has 2 amide bonds. The summed E-state index contributed by atoms with van der Waals surface area (Å²) in [7, 11) is -3.73. The summed E-state index contributed by atoms with van der Waals surface area (Å²) < 4.78 is 25.9. The molecule has 0 unspecified atom stereocenters. The Balaban J connectivity index is 2.34. The van der Waals surface area contributed by atoms with Crippen LogP contribution in [0.15, 0.2) is 54.6 Å². The lowest BCUT2D eigenvalue weighted by atomic mass is 10.1. The molecule has 0 aromatic heterocycles. The average molecular weight is 480 g/mol. The molecule has 2 rings (SSSR count). The van der Waals surface area contributed by atoms with Crippen LogP contribution < -0.4 is 9.62 Å². The number of nitrogens with one attached hydrogen (secondary N) is 1.